The van der Waals surface area contributed by atoms with Crippen molar-refractivity contribution < 1.29 is 9.13 Å². The third-order valence-electron chi connectivity index (χ3n) is 4.42. The highest BCUT2D eigenvalue weighted by Gasteiger charge is 2.41. The third-order valence-corrected chi connectivity index (χ3v) is 4.91. The van der Waals surface area contributed by atoms with Crippen LogP contribution in [0, 0.1) is 17.2 Å². The molecule has 118 valence electrons. The highest BCUT2D eigenvalue weighted by Crippen LogP contribution is 2.38. The zero-order valence-corrected chi connectivity index (χ0v) is 14.7. The number of benzene rings is 1. The van der Waals surface area contributed by atoms with Crippen molar-refractivity contribution in [1.82, 2.24) is 5.32 Å². The lowest BCUT2D eigenvalue weighted by Crippen LogP contribution is -2.42. The van der Waals surface area contributed by atoms with E-state index in [1.807, 2.05) is 12.1 Å². The predicted octanol–water partition coefficient (Wildman–Crippen LogP) is 4.17. The summed E-state index contributed by atoms with van der Waals surface area (Å²) in [6.07, 6.45) is 1.85. The molecule has 1 aromatic carbocycles. The molecular formula is C17H25BrFNO. The van der Waals surface area contributed by atoms with E-state index < -0.39 is 0 Å². The van der Waals surface area contributed by atoms with Gasteiger partial charge >= 0.3 is 0 Å². The topological polar surface area (TPSA) is 21.3 Å². The normalized spacial score (nSPS) is 25.7. The molecular weight excluding hydrogens is 333 g/mol. The molecule has 0 aliphatic carbocycles. The molecule has 1 N–H and O–H groups in total. The molecule has 0 spiro atoms. The summed E-state index contributed by atoms with van der Waals surface area (Å²) in [7, 11) is 0. The average Bonchev–Trinajstić information content (AvgIpc) is 2.74. The smallest absolute Gasteiger partial charge is 0.127 e. The van der Waals surface area contributed by atoms with Crippen molar-refractivity contribution in [2.75, 3.05) is 19.7 Å². The van der Waals surface area contributed by atoms with Gasteiger partial charge < -0.3 is 10.1 Å². The molecule has 2 nitrogen and oxygen atoms in total. The lowest BCUT2D eigenvalue weighted by molar-refractivity contribution is 0.0623. The molecule has 0 saturated carbocycles. The SMILES string of the molecule is CC(C)CNCC1(Cc2ccc(Br)cc2F)CCOC1C. The Labute approximate surface area is 135 Å². The molecule has 2 unspecified atom stereocenters. The van der Waals surface area contributed by atoms with Gasteiger partial charge in [0.25, 0.3) is 0 Å². The molecule has 2 atom stereocenters. The highest BCUT2D eigenvalue weighted by molar-refractivity contribution is 9.10. The fourth-order valence-electron chi connectivity index (χ4n) is 3.00. The second kappa shape index (κ2) is 7.21. The Morgan fingerprint density at radius 1 is 1.48 bits per heavy atom. The van der Waals surface area contributed by atoms with Crippen LogP contribution in [0.25, 0.3) is 0 Å². The second-order valence-corrected chi connectivity index (χ2v) is 7.48. The molecule has 0 bridgehead atoms. The number of nitrogens with one attached hydrogen (secondary N) is 1. The maximum atomic E-state index is 14.2. The first-order chi connectivity index (χ1) is 9.93. The molecule has 1 fully saturated rings. The number of ether oxygens (including phenoxy) is 1. The summed E-state index contributed by atoms with van der Waals surface area (Å²) in [5.41, 5.74) is 0.769. The van der Waals surface area contributed by atoms with Crippen LogP contribution in [0.4, 0.5) is 4.39 Å². The molecule has 4 heteroatoms. The Bertz CT molecular complexity index is 480. The number of halogens is 2. The van der Waals surface area contributed by atoms with Crippen LogP contribution in [0.5, 0.6) is 0 Å². The van der Waals surface area contributed by atoms with Crippen LogP contribution < -0.4 is 5.32 Å². The van der Waals surface area contributed by atoms with E-state index in [4.69, 9.17) is 4.74 Å². The van der Waals surface area contributed by atoms with E-state index >= 15 is 0 Å². The zero-order chi connectivity index (χ0) is 15.5. The molecule has 1 aliphatic heterocycles. The standard InChI is InChI=1S/C17H25BrFNO/c1-12(2)10-20-11-17(6-7-21-13(17)3)9-14-4-5-15(18)8-16(14)19/h4-5,8,12-13,20H,6-7,9-11H2,1-3H3. The molecule has 1 saturated heterocycles. The Balaban J connectivity index is 2.12. The van der Waals surface area contributed by atoms with Gasteiger partial charge in [-0.25, -0.2) is 4.39 Å². The zero-order valence-electron chi connectivity index (χ0n) is 13.1. The van der Waals surface area contributed by atoms with Gasteiger partial charge in [0.15, 0.2) is 0 Å². The van der Waals surface area contributed by atoms with Gasteiger partial charge in [-0.3, -0.25) is 0 Å². The van der Waals surface area contributed by atoms with Crippen molar-refractivity contribution in [2.24, 2.45) is 11.3 Å². The van der Waals surface area contributed by atoms with Crippen molar-refractivity contribution >= 4 is 15.9 Å². The number of rotatable bonds is 6. The van der Waals surface area contributed by atoms with E-state index in [-0.39, 0.29) is 17.3 Å². The lowest BCUT2D eigenvalue weighted by atomic mass is 9.76. The minimum Gasteiger partial charge on any atom is -0.378 e. The second-order valence-electron chi connectivity index (χ2n) is 6.56. The molecule has 2 rings (SSSR count). The number of hydrogen-bond donors (Lipinski definition) is 1. The fraction of sp³-hybridized carbons (Fsp3) is 0.647. The van der Waals surface area contributed by atoms with Crippen molar-refractivity contribution in [3.63, 3.8) is 0 Å². The maximum absolute atomic E-state index is 14.2. The summed E-state index contributed by atoms with van der Waals surface area (Å²) in [6, 6.07) is 5.34. The van der Waals surface area contributed by atoms with Crippen molar-refractivity contribution in [3.05, 3.63) is 34.1 Å². The van der Waals surface area contributed by atoms with Crippen LogP contribution in [0.3, 0.4) is 0 Å². The average molecular weight is 358 g/mol. The maximum Gasteiger partial charge on any atom is 0.127 e. The summed E-state index contributed by atoms with van der Waals surface area (Å²) < 4.78 is 20.7. The molecule has 0 amide bonds. The van der Waals surface area contributed by atoms with Gasteiger partial charge in [0.05, 0.1) is 6.10 Å². The Hall–Kier alpha value is -0.450. The first-order valence-corrected chi connectivity index (χ1v) is 8.48. The Kier molecular flexibility index (Phi) is 5.81. The summed E-state index contributed by atoms with van der Waals surface area (Å²) in [4.78, 5) is 0. The number of hydrogen-bond acceptors (Lipinski definition) is 2. The van der Waals surface area contributed by atoms with Crippen molar-refractivity contribution in [2.45, 2.75) is 39.7 Å². The van der Waals surface area contributed by atoms with E-state index in [0.717, 1.165) is 42.6 Å². The van der Waals surface area contributed by atoms with E-state index in [1.54, 1.807) is 6.07 Å². The van der Waals surface area contributed by atoms with Gasteiger partial charge in [0.2, 0.25) is 0 Å². The minimum atomic E-state index is -0.133. The van der Waals surface area contributed by atoms with Crippen LogP contribution in [-0.4, -0.2) is 25.8 Å². The Morgan fingerprint density at radius 3 is 2.81 bits per heavy atom. The van der Waals surface area contributed by atoms with Gasteiger partial charge in [-0.1, -0.05) is 35.8 Å². The van der Waals surface area contributed by atoms with Gasteiger partial charge in [-0.05, 0) is 49.9 Å². The van der Waals surface area contributed by atoms with E-state index in [1.165, 1.54) is 0 Å². The largest absolute Gasteiger partial charge is 0.378 e. The molecule has 1 heterocycles. The van der Waals surface area contributed by atoms with E-state index in [9.17, 15) is 4.39 Å². The first kappa shape index (κ1) is 16.9. The predicted molar refractivity (Wildman–Crippen MR) is 88.0 cm³/mol. The van der Waals surface area contributed by atoms with E-state index in [2.05, 4.69) is 42.0 Å². The van der Waals surface area contributed by atoms with Crippen LogP contribution in [0.15, 0.2) is 22.7 Å². The van der Waals surface area contributed by atoms with Crippen LogP contribution in [0.1, 0.15) is 32.8 Å². The van der Waals surface area contributed by atoms with Crippen LogP contribution in [-0.2, 0) is 11.2 Å². The highest BCUT2D eigenvalue weighted by atomic mass is 79.9. The quantitative estimate of drug-likeness (QED) is 0.824. The van der Waals surface area contributed by atoms with Gasteiger partial charge in [0.1, 0.15) is 5.82 Å². The van der Waals surface area contributed by atoms with Crippen molar-refractivity contribution in [3.8, 4) is 0 Å². The molecule has 1 aromatic rings. The van der Waals surface area contributed by atoms with Crippen LogP contribution in [0.2, 0.25) is 0 Å². The minimum absolute atomic E-state index is 0.0104. The monoisotopic (exact) mass is 357 g/mol. The Morgan fingerprint density at radius 2 is 2.24 bits per heavy atom. The summed E-state index contributed by atoms with van der Waals surface area (Å²) in [5, 5.41) is 3.54. The lowest BCUT2D eigenvalue weighted by Gasteiger charge is -2.33. The summed E-state index contributed by atoms with van der Waals surface area (Å²) in [5.74, 6) is 0.482. The molecule has 0 aromatic heterocycles. The summed E-state index contributed by atoms with van der Waals surface area (Å²) in [6.45, 7) is 9.13. The molecule has 0 radical (unpaired) electrons. The van der Waals surface area contributed by atoms with Crippen LogP contribution >= 0.6 is 15.9 Å². The van der Waals surface area contributed by atoms with E-state index in [0.29, 0.717) is 5.92 Å². The van der Waals surface area contributed by atoms with Gasteiger partial charge in [-0.15, -0.1) is 0 Å². The van der Waals surface area contributed by atoms with Gasteiger partial charge in [-0.2, -0.15) is 0 Å². The fourth-order valence-corrected chi connectivity index (χ4v) is 3.33. The molecule has 1 aliphatic rings. The van der Waals surface area contributed by atoms with Crippen molar-refractivity contribution in [1.29, 1.82) is 0 Å². The summed E-state index contributed by atoms with van der Waals surface area (Å²) >= 11 is 3.32. The third kappa shape index (κ3) is 4.27. The first-order valence-electron chi connectivity index (χ1n) is 7.69. The van der Waals surface area contributed by atoms with Gasteiger partial charge in [0, 0.05) is 23.0 Å². The molecule has 21 heavy (non-hydrogen) atoms.